The first-order valence-corrected chi connectivity index (χ1v) is 10.8. The van der Waals surface area contributed by atoms with Crippen LogP contribution in [0, 0.1) is 12.8 Å². The van der Waals surface area contributed by atoms with Crippen LogP contribution in [0.5, 0.6) is 0 Å². The van der Waals surface area contributed by atoms with Crippen molar-refractivity contribution in [1.29, 1.82) is 0 Å². The van der Waals surface area contributed by atoms with E-state index in [0.717, 1.165) is 27.1 Å². The molecule has 0 bridgehead atoms. The van der Waals surface area contributed by atoms with E-state index in [-0.39, 0.29) is 11.1 Å². The van der Waals surface area contributed by atoms with E-state index < -0.39 is 19.1 Å². The largest absolute Gasteiger partial charge is 0.455 e. The van der Waals surface area contributed by atoms with E-state index in [9.17, 15) is 0 Å². The van der Waals surface area contributed by atoms with Crippen LogP contribution in [0.2, 0.25) is 0 Å². The molecular weight excluding hydrogens is 390 g/mol. The Morgan fingerprint density at radius 2 is 1.72 bits per heavy atom. The predicted octanol–water partition coefficient (Wildman–Crippen LogP) is 8.46. The van der Waals surface area contributed by atoms with Crippen molar-refractivity contribution in [2.75, 3.05) is 0 Å². The van der Waals surface area contributed by atoms with Crippen LogP contribution in [0.4, 0.5) is 0 Å². The lowest BCUT2D eigenvalue weighted by atomic mass is 9.97. The fourth-order valence-electron chi connectivity index (χ4n) is 4.53. The van der Waals surface area contributed by atoms with Crippen LogP contribution in [-0.4, -0.2) is 4.98 Å². The molecule has 2 nitrogen and oxygen atoms in total. The number of benzene rings is 4. The zero-order chi connectivity index (χ0) is 26.1. The van der Waals surface area contributed by atoms with Crippen molar-refractivity contribution in [2.45, 2.75) is 27.1 Å². The number of fused-ring (bicyclic) bond motifs is 6. The smallest absolute Gasteiger partial charge is 0.144 e. The molecule has 0 spiro atoms. The summed E-state index contributed by atoms with van der Waals surface area (Å²) in [4.78, 5) is 4.48. The average molecular weight is 421 g/mol. The Labute approximate surface area is 194 Å². The summed E-state index contributed by atoms with van der Waals surface area (Å²) in [6, 6.07) is 24.1. The quantitative estimate of drug-likeness (QED) is 0.268. The Hall–Kier alpha value is -3.65. The molecule has 6 rings (SSSR count). The van der Waals surface area contributed by atoms with E-state index in [2.05, 4.69) is 41.4 Å². The number of hydrogen-bond acceptors (Lipinski definition) is 2. The van der Waals surface area contributed by atoms with E-state index >= 15 is 0 Å². The highest BCUT2D eigenvalue weighted by Crippen LogP contribution is 2.38. The number of para-hydroxylation sites is 1. The fraction of sp³-hybridized carbons (Fsp3) is 0.167. The second-order valence-corrected chi connectivity index (χ2v) is 8.55. The lowest BCUT2D eigenvalue weighted by Crippen LogP contribution is -1.99. The van der Waals surface area contributed by atoms with Crippen molar-refractivity contribution in [3.05, 3.63) is 90.1 Å². The molecule has 4 aromatic carbocycles. The first-order chi connectivity index (χ1) is 17.6. The summed E-state index contributed by atoms with van der Waals surface area (Å²) < 4.78 is 47.6. The zero-order valence-electron chi connectivity index (χ0n) is 22.9. The monoisotopic (exact) mass is 420 g/mol. The minimum Gasteiger partial charge on any atom is -0.455 e. The Morgan fingerprint density at radius 1 is 0.875 bits per heavy atom. The second-order valence-electron chi connectivity index (χ2n) is 8.55. The molecule has 0 unspecified atom stereocenters. The first kappa shape index (κ1) is 14.4. The maximum absolute atomic E-state index is 8.67. The first-order valence-electron chi connectivity index (χ1n) is 13.3. The van der Waals surface area contributed by atoms with Crippen molar-refractivity contribution in [1.82, 2.24) is 4.98 Å². The molecule has 0 atom stereocenters. The van der Waals surface area contributed by atoms with Crippen molar-refractivity contribution in [3.63, 3.8) is 0 Å². The topological polar surface area (TPSA) is 26.0 Å². The Bertz CT molecular complexity index is 1830. The van der Waals surface area contributed by atoms with Gasteiger partial charge in [0.15, 0.2) is 0 Å². The Balaban J connectivity index is 1.62. The highest BCUT2D eigenvalue weighted by molar-refractivity contribution is 6.17. The van der Waals surface area contributed by atoms with Crippen LogP contribution in [0.1, 0.15) is 31.8 Å². The van der Waals surface area contributed by atoms with Crippen LogP contribution < -0.4 is 0 Å². The van der Waals surface area contributed by atoms with Gasteiger partial charge in [0.25, 0.3) is 0 Å². The van der Waals surface area contributed by atoms with Crippen LogP contribution in [0.25, 0.3) is 54.7 Å². The number of nitrogens with zero attached hydrogens (tertiary/aromatic N) is 1. The molecule has 2 heterocycles. The fourth-order valence-corrected chi connectivity index (χ4v) is 4.53. The third-order valence-corrected chi connectivity index (χ3v) is 5.99. The van der Waals surface area contributed by atoms with Gasteiger partial charge in [-0.25, -0.2) is 0 Å². The second kappa shape index (κ2) is 7.20. The molecule has 6 aromatic rings. The summed E-state index contributed by atoms with van der Waals surface area (Å²) in [6.45, 7) is 1.02. The predicted molar refractivity (Wildman–Crippen MR) is 135 cm³/mol. The van der Waals surface area contributed by atoms with Gasteiger partial charge in [-0.15, -0.1) is 0 Å². The van der Waals surface area contributed by atoms with Crippen LogP contribution in [0.3, 0.4) is 0 Å². The summed E-state index contributed by atoms with van der Waals surface area (Å²) in [5.41, 5.74) is 2.64. The standard InChI is InChI=1S/C30H25NO/c1-18(2)13-22-14-28(31-17-19(22)3)25-10-6-9-24-27-16-26-21(15-29(27)32-30(24)25)12-11-20-7-4-5-8-23(20)26/h4-12,14-18H,13H2,1-3H3/i3D3,13D2. The summed E-state index contributed by atoms with van der Waals surface area (Å²) in [5, 5.41) is 6.49. The van der Waals surface area contributed by atoms with E-state index in [1.807, 2.05) is 30.3 Å². The number of rotatable bonds is 3. The molecule has 32 heavy (non-hydrogen) atoms. The number of hydrogen-bond donors (Lipinski definition) is 0. The lowest BCUT2D eigenvalue weighted by molar-refractivity contribution is 0.644. The Kier molecular flexibility index (Phi) is 3.25. The summed E-state index contributed by atoms with van der Waals surface area (Å²) in [5.74, 6) is -0.423. The minimum absolute atomic E-state index is 0.0649. The van der Waals surface area contributed by atoms with Crippen molar-refractivity contribution in [2.24, 2.45) is 5.92 Å². The molecule has 0 saturated heterocycles. The van der Waals surface area contributed by atoms with Gasteiger partial charge < -0.3 is 4.42 Å². The van der Waals surface area contributed by atoms with Crippen LogP contribution in [0.15, 0.2) is 83.4 Å². The third kappa shape index (κ3) is 2.98. The molecule has 0 aliphatic heterocycles. The third-order valence-electron chi connectivity index (χ3n) is 5.99. The molecule has 0 N–H and O–H groups in total. The highest BCUT2D eigenvalue weighted by Gasteiger charge is 2.15. The molecular formula is C30H25NO. The van der Waals surface area contributed by atoms with Gasteiger partial charge in [-0.2, -0.15) is 0 Å². The van der Waals surface area contributed by atoms with E-state index in [1.165, 1.54) is 17.0 Å². The summed E-state index contributed by atoms with van der Waals surface area (Å²) in [6.07, 6.45) is -0.554. The van der Waals surface area contributed by atoms with Crippen molar-refractivity contribution >= 4 is 43.5 Å². The summed E-state index contributed by atoms with van der Waals surface area (Å²) in [7, 11) is 0. The number of aryl methyl sites for hydroxylation is 1. The normalized spacial score (nSPS) is 15.2. The SMILES string of the molecule is [2H]C([2H])([2H])c1cnc(-c2cccc3c2oc2cc4ccc5ccccc5c4cc23)cc1C([2H])([2H])C(C)C. The van der Waals surface area contributed by atoms with E-state index in [1.54, 1.807) is 19.9 Å². The van der Waals surface area contributed by atoms with E-state index in [4.69, 9.17) is 11.3 Å². The molecule has 2 aromatic heterocycles. The number of pyridine rings is 1. The number of aromatic nitrogens is 1. The van der Waals surface area contributed by atoms with Gasteiger partial charge in [0.1, 0.15) is 11.2 Å². The molecule has 0 saturated carbocycles. The maximum Gasteiger partial charge on any atom is 0.144 e. The molecule has 0 aliphatic carbocycles. The van der Waals surface area contributed by atoms with E-state index in [0.29, 0.717) is 16.8 Å². The van der Waals surface area contributed by atoms with Crippen molar-refractivity contribution in [3.8, 4) is 11.3 Å². The van der Waals surface area contributed by atoms with Gasteiger partial charge >= 0.3 is 0 Å². The van der Waals surface area contributed by atoms with Crippen LogP contribution in [-0.2, 0) is 6.37 Å². The molecule has 0 amide bonds. The highest BCUT2D eigenvalue weighted by atomic mass is 16.3. The summed E-state index contributed by atoms with van der Waals surface area (Å²) >= 11 is 0. The van der Waals surface area contributed by atoms with Gasteiger partial charge in [0.05, 0.1) is 5.69 Å². The molecule has 156 valence electrons. The molecule has 0 radical (unpaired) electrons. The lowest BCUT2D eigenvalue weighted by Gasteiger charge is -2.10. The molecule has 0 fully saturated rings. The van der Waals surface area contributed by atoms with Crippen LogP contribution >= 0.6 is 0 Å². The average Bonchev–Trinajstić information content (AvgIpc) is 3.24. The van der Waals surface area contributed by atoms with Gasteiger partial charge in [-0.3, -0.25) is 4.98 Å². The zero-order valence-corrected chi connectivity index (χ0v) is 17.9. The number of furan rings is 1. The Morgan fingerprint density at radius 3 is 2.59 bits per heavy atom. The van der Waals surface area contributed by atoms with Gasteiger partial charge in [0, 0.05) is 29.4 Å². The minimum atomic E-state index is -2.47. The van der Waals surface area contributed by atoms with Gasteiger partial charge in [0.2, 0.25) is 0 Å². The van der Waals surface area contributed by atoms with Crippen molar-refractivity contribution < 1.29 is 11.3 Å². The van der Waals surface area contributed by atoms with Gasteiger partial charge in [-0.1, -0.05) is 62.4 Å². The van der Waals surface area contributed by atoms with Gasteiger partial charge in [-0.05, 0) is 76.1 Å². The molecule has 0 aliphatic rings. The maximum atomic E-state index is 8.67. The molecule has 2 heteroatoms.